The van der Waals surface area contributed by atoms with Gasteiger partial charge in [0.25, 0.3) is 0 Å². The van der Waals surface area contributed by atoms with Crippen LogP contribution < -0.4 is 0 Å². The lowest BCUT2D eigenvalue weighted by molar-refractivity contribution is 0.0734. The molecule has 0 unspecified atom stereocenters. The van der Waals surface area contributed by atoms with Crippen LogP contribution in [0.3, 0.4) is 0 Å². The number of phenols is 1. The third-order valence-corrected chi connectivity index (χ3v) is 5.91. The van der Waals surface area contributed by atoms with Crippen molar-refractivity contribution in [3.63, 3.8) is 0 Å². The van der Waals surface area contributed by atoms with Crippen LogP contribution in [0.5, 0.6) is 5.75 Å². The first-order valence-electron chi connectivity index (χ1n) is 8.81. The number of thiophene rings is 1. The first kappa shape index (κ1) is 18.7. The van der Waals surface area contributed by atoms with Gasteiger partial charge in [0.05, 0.1) is 27.0 Å². The van der Waals surface area contributed by atoms with Crippen LogP contribution in [0.2, 0.25) is 5.02 Å². The molecule has 142 valence electrons. The SMILES string of the molecule is CC(C)(O)c1cc(-c2ccc(-c3ccccc3O)s2)n(-c2ccccc2Cl)n1. The Morgan fingerprint density at radius 3 is 2.36 bits per heavy atom. The zero-order valence-electron chi connectivity index (χ0n) is 15.4. The number of para-hydroxylation sites is 2. The van der Waals surface area contributed by atoms with E-state index in [9.17, 15) is 10.2 Å². The van der Waals surface area contributed by atoms with E-state index in [1.807, 2.05) is 54.6 Å². The third kappa shape index (κ3) is 3.44. The molecule has 2 N–H and O–H groups in total. The Hall–Kier alpha value is -2.60. The highest BCUT2D eigenvalue weighted by atomic mass is 35.5. The van der Waals surface area contributed by atoms with Gasteiger partial charge in [-0.3, -0.25) is 0 Å². The normalized spacial score (nSPS) is 11.7. The number of aliphatic hydroxyl groups is 1. The van der Waals surface area contributed by atoms with Gasteiger partial charge in [0.15, 0.2) is 0 Å². The molecule has 2 aromatic heterocycles. The summed E-state index contributed by atoms with van der Waals surface area (Å²) in [6.45, 7) is 3.41. The third-order valence-electron chi connectivity index (χ3n) is 4.44. The maximum absolute atomic E-state index is 10.5. The van der Waals surface area contributed by atoms with Crippen LogP contribution in [0.1, 0.15) is 19.5 Å². The van der Waals surface area contributed by atoms with Crippen molar-refractivity contribution in [3.8, 4) is 32.4 Å². The van der Waals surface area contributed by atoms with E-state index in [1.54, 1.807) is 42.0 Å². The van der Waals surface area contributed by atoms with E-state index in [2.05, 4.69) is 5.10 Å². The van der Waals surface area contributed by atoms with Crippen LogP contribution in [0.25, 0.3) is 26.7 Å². The highest BCUT2D eigenvalue weighted by Crippen LogP contribution is 2.40. The zero-order chi connectivity index (χ0) is 19.9. The van der Waals surface area contributed by atoms with Crippen molar-refractivity contribution in [2.45, 2.75) is 19.4 Å². The molecule has 0 atom stereocenters. The second kappa shape index (κ2) is 7.09. The minimum Gasteiger partial charge on any atom is -0.507 e. The van der Waals surface area contributed by atoms with E-state index in [0.717, 1.165) is 26.7 Å². The number of halogens is 1. The van der Waals surface area contributed by atoms with Crippen LogP contribution in [-0.4, -0.2) is 20.0 Å². The average Bonchev–Trinajstić information content (AvgIpc) is 3.29. The minimum absolute atomic E-state index is 0.243. The zero-order valence-corrected chi connectivity index (χ0v) is 17.0. The molecule has 0 spiro atoms. The van der Waals surface area contributed by atoms with E-state index < -0.39 is 5.60 Å². The summed E-state index contributed by atoms with van der Waals surface area (Å²) in [6, 6.07) is 20.6. The first-order valence-corrected chi connectivity index (χ1v) is 10.0. The maximum atomic E-state index is 10.5. The summed E-state index contributed by atoms with van der Waals surface area (Å²) >= 11 is 7.96. The molecule has 4 nitrogen and oxygen atoms in total. The Morgan fingerprint density at radius 1 is 0.964 bits per heavy atom. The standard InChI is InChI=1S/C22H19ClN2O2S/c1-22(2,27)21-13-17(25(24-21)16-9-5-4-8-15(16)23)20-12-11-19(28-20)14-7-3-6-10-18(14)26/h3-13,26-27H,1-2H3. The van der Waals surface area contributed by atoms with Gasteiger partial charge in [-0.25, -0.2) is 4.68 Å². The number of nitrogens with zero attached hydrogens (tertiary/aromatic N) is 2. The van der Waals surface area contributed by atoms with Gasteiger partial charge < -0.3 is 10.2 Å². The molecule has 0 aliphatic heterocycles. The molecule has 0 saturated heterocycles. The van der Waals surface area contributed by atoms with Gasteiger partial charge in [-0.05, 0) is 56.3 Å². The molecule has 0 amide bonds. The lowest BCUT2D eigenvalue weighted by Crippen LogP contribution is -2.16. The number of benzene rings is 2. The van der Waals surface area contributed by atoms with Gasteiger partial charge in [-0.1, -0.05) is 35.9 Å². The van der Waals surface area contributed by atoms with Crippen LogP contribution in [0.4, 0.5) is 0 Å². The fraction of sp³-hybridized carbons (Fsp3) is 0.136. The quantitative estimate of drug-likeness (QED) is 0.443. The highest BCUT2D eigenvalue weighted by Gasteiger charge is 2.24. The second-order valence-corrected chi connectivity index (χ2v) is 8.51. The Labute approximate surface area is 172 Å². The van der Waals surface area contributed by atoms with E-state index in [4.69, 9.17) is 11.6 Å². The van der Waals surface area contributed by atoms with Crippen molar-refractivity contribution in [2.75, 3.05) is 0 Å². The lowest BCUT2D eigenvalue weighted by Gasteiger charge is -2.13. The van der Waals surface area contributed by atoms with E-state index in [-0.39, 0.29) is 5.75 Å². The fourth-order valence-electron chi connectivity index (χ4n) is 2.97. The predicted octanol–water partition coefficient (Wildman–Crippen LogP) is 5.85. The Kier molecular flexibility index (Phi) is 4.75. The molecule has 4 rings (SSSR count). The summed E-state index contributed by atoms with van der Waals surface area (Å²) in [5.74, 6) is 0.243. The number of aromatic hydroxyl groups is 1. The topological polar surface area (TPSA) is 58.3 Å². The average molecular weight is 411 g/mol. The van der Waals surface area contributed by atoms with Crippen molar-refractivity contribution in [1.29, 1.82) is 0 Å². The molecular formula is C22H19ClN2O2S. The van der Waals surface area contributed by atoms with E-state index in [0.29, 0.717) is 10.7 Å². The van der Waals surface area contributed by atoms with Gasteiger partial charge >= 0.3 is 0 Å². The summed E-state index contributed by atoms with van der Waals surface area (Å²) in [4.78, 5) is 1.91. The monoisotopic (exact) mass is 410 g/mol. The summed E-state index contributed by atoms with van der Waals surface area (Å²) < 4.78 is 1.76. The smallest absolute Gasteiger partial charge is 0.124 e. The second-order valence-electron chi connectivity index (χ2n) is 7.02. The number of hydrogen-bond acceptors (Lipinski definition) is 4. The van der Waals surface area contributed by atoms with Crippen molar-refractivity contribution < 1.29 is 10.2 Å². The molecule has 2 aromatic carbocycles. The largest absolute Gasteiger partial charge is 0.507 e. The van der Waals surface area contributed by atoms with Gasteiger partial charge in [0.2, 0.25) is 0 Å². The molecule has 0 bridgehead atoms. The minimum atomic E-state index is -1.08. The molecule has 0 radical (unpaired) electrons. The summed E-state index contributed by atoms with van der Waals surface area (Å²) in [6.07, 6.45) is 0. The summed E-state index contributed by atoms with van der Waals surface area (Å²) in [7, 11) is 0. The molecule has 4 aromatic rings. The number of aromatic nitrogens is 2. The molecule has 0 fully saturated rings. The van der Waals surface area contributed by atoms with Crippen LogP contribution in [0, 0.1) is 0 Å². The van der Waals surface area contributed by atoms with Crippen molar-refractivity contribution >= 4 is 22.9 Å². The fourth-order valence-corrected chi connectivity index (χ4v) is 4.22. The van der Waals surface area contributed by atoms with Crippen LogP contribution in [0.15, 0.2) is 66.7 Å². The molecule has 6 heteroatoms. The molecule has 28 heavy (non-hydrogen) atoms. The molecule has 2 heterocycles. The Morgan fingerprint density at radius 2 is 1.64 bits per heavy atom. The Bertz CT molecular complexity index is 1140. The molecule has 0 saturated carbocycles. The van der Waals surface area contributed by atoms with Gasteiger partial charge in [0, 0.05) is 10.4 Å². The maximum Gasteiger partial charge on any atom is 0.124 e. The molecule has 0 aliphatic carbocycles. The summed E-state index contributed by atoms with van der Waals surface area (Å²) in [5.41, 5.74) is 1.83. The van der Waals surface area contributed by atoms with Crippen LogP contribution in [-0.2, 0) is 5.60 Å². The van der Waals surface area contributed by atoms with Crippen molar-refractivity contribution in [3.05, 3.63) is 77.4 Å². The van der Waals surface area contributed by atoms with Gasteiger partial charge in [0.1, 0.15) is 11.4 Å². The molecule has 0 aliphatic rings. The lowest BCUT2D eigenvalue weighted by atomic mass is 10.1. The van der Waals surface area contributed by atoms with Crippen LogP contribution >= 0.6 is 22.9 Å². The first-order chi connectivity index (χ1) is 13.3. The van der Waals surface area contributed by atoms with Crippen molar-refractivity contribution in [2.24, 2.45) is 0 Å². The van der Waals surface area contributed by atoms with E-state index in [1.165, 1.54) is 0 Å². The van der Waals surface area contributed by atoms with Gasteiger partial charge in [-0.2, -0.15) is 5.10 Å². The highest BCUT2D eigenvalue weighted by molar-refractivity contribution is 7.18. The number of phenolic OH excluding ortho intramolecular Hbond substituents is 1. The van der Waals surface area contributed by atoms with Crippen molar-refractivity contribution in [1.82, 2.24) is 9.78 Å². The Balaban J connectivity index is 1.87. The summed E-state index contributed by atoms with van der Waals surface area (Å²) in [5, 5.41) is 25.8. The number of hydrogen-bond donors (Lipinski definition) is 2. The predicted molar refractivity (Wildman–Crippen MR) is 114 cm³/mol. The molecular weight excluding hydrogens is 392 g/mol. The van der Waals surface area contributed by atoms with E-state index >= 15 is 0 Å². The van der Waals surface area contributed by atoms with Gasteiger partial charge in [-0.15, -0.1) is 11.3 Å². The number of rotatable bonds is 4.